The van der Waals surface area contributed by atoms with Crippen molar-refractivity contribution in [3.63, 3.8) is 0 Å². The first-order chi connectivity index (χ1) is 8.50. The Labute approximate surface area is 109 Å². The summed E-state index contributed by atoms with van der Waals surface area (Å²) in [6, 6.07) is 0. The number of rotatable bonds is 4. The van der Waals surface area contributed by atoms with Crippen LogP contribution in [-0.2, 0) is 9.53 Å². The van der Waals surface area contributed by atoms with Crippen LogP contribution in [0.3, 0.4) is 0 Å². The number of carboxylic acids is 1. The molecule has 2 saturated heterocycles. The van der Waals surface area contributed by atoms with Gasteiger partial charge in [-0.3, -0.25) is 4.79 Å². The standard InChI is InChI=1S/C14H25NO3/c1-14(2,13(16)17)11-5-3-7-15(9-11)10-12-6-4-8-18-12/h11-12H,3-10H2,1-2H3,(H,16,17). The average molecular weight is 255 g/mol. The molecule has 2 aliphatic heterocycles. The molecule has 1 N–H and O–H groups in total. The topological polar surface area (TPSA) is 49.8 Å². The van der Waals surface area contributed by atoms with Gasteiger partial charge in [0.25, 0.3) is 0 Å². The van der Waals surface area contributed by atoms with Crippen molar-refractivity contribution in [3.05, 3.63) is 0 Å². The van der Waals surface area contributed by atoms with Gasteiger partial charge in [0, 0.05) is 19.7 Å². The third-order valence-corrected chi connectivity index (χ3v) is 4.56. The van der Waals surface area contributed by atoms with Crippen molar-refractivity contribution >= 4 is 5.97 Å². The Morgan fingerprint density at radius 3 is 2.78 bits per heavy atom. The summed E-state index contributed by atoms with van der Waals surface area (Å²) in [4.78, 5) is 13.7. The highest BCUT2D eigenvalue weighted by Crippen LogP contribution is 2.34. The van der Waals surface area contributed by atoms with Crippen molar-refractivity contribution in [1.29, 1.82) is 0 Å². The van der Waals surface area contributed by atoms with Crippen LogP contribution < -0.4 is 0 Å². The molecule has 0 saturated carbocycles. The maximum atomic E-state index is 11.3. The molecule has 0 radical (unpaired) electrons. The van der Waals surface area contributed by atoms with Crippen LogP contribution in [0.4, 0.5) is 0 Å². The van der Waals surface area contributed by atoms with E-state index in [1.54, 1.807) is 0 Å². The average Bonchev–Trinajstić information content (AvgIpc) is 2.82. The smallest absolute Gasteiger partial charge is 0.309 e. The quantitative estimate of drug-likeness (QED) is 0.834. The third kappa shape index (κ3) is 3.04. The van der Waals surface area contributed by atoms with E-state index < -0.39 is 11.4 Å². The van der Waals surface area contributed by atoms with E-state index in [9.17, 15) is 9.90 Å². The van der Waals surface area contributed by atoms with E-state index in [0.29, 0.717) is 6.10 Å². The molecule has 0 amide bonds. The predicted octanol–water partition coefficient (Wildman–Crippen LogP) is 1.99. The molecule has 18 heavy (non-hydrogen) atoms. The van der Waals surface area contributed by atoms with Crippen molar-refractivity contribution in [3.8, 4) is 0 Å². The van der Waals surface area contributed by atoms with Crippen molar-refractivity contribution in [2.45, 2.75) is 45.6 Å². The Morgan fingerprint density at radius 1 is 1.39 bits per heavy atom. The lowest BCUT2D eigenvalue weighted by Crippen LogP contribution is -2.46. The second-order valence-corrected chi connectivity index (χ2v) is 6.26. The van der Waals surface area contributed by atoms with E-state index in [-0.39, 0.29) is 5.92 Å². The van der Waals surface area contributed by atoms with Gasteiger partial charge in [-0.25, -0.2) is 0 Å². The van der Waals surface area contributed by atoms with Crippen LogP contribution in [0.25, 0.3) is 0 Å². The summed E-state index contributed by atoms with van der Waals surface area (Å²) < 4.78 is 5.67. The first kappa shape index (κ1) is 13.8. The summed E-state index contributed by atoms with van der Waals surface area (Å²) in [7, 11) is 0. The summed E-state index contributed by atoms with van der Waals surface area (Å²) in [5.41, 5.74) is -0.616. The van der Waals surface area contributed by atoms with E-state index in [1.165, 1.54) is 6.42 Å². The zero-order valence-corrected chi connectivity index (χ0v) is 11.5. The molecule has 104 valence electrons. The fourth-order valence-corrected chi connectivity index (χ4v) is 3.06. The van der Waals surface area contributed by atoms with Crippen LogP contribution in [0.2, 0.25) is 0 Å². The highest BCUT2D eigenvalue weighted by Gasteiger charge is 2.39. The lowest BCUT2D eigenvalue weighted by molar-refractivity contribution is -0.151. The normalized spacial score (nSPS) is 30.6. The molecule has 0 bridgehead atoms. The van der Waals surface area contributed by atoms with Crippen LogP contribution in [0.15, 0.2) is 0 Å². The number of carbonyl (C=O) groups is 1. The van der Waals surface area contributed by atoms with Gasteiger partial charge < -0.3 is 14.7 Å². The summed E-state index contributed by atoms with van der Waals surface area (Å²) >= 11 is 0. The maximum absolute atomic E-state index is 11.3. The molecule has 2 fully saturated rings. The number of aliphatic carboxylic acids is 1. The van der Waals surface area contributed by atoms with Gasteiger partial charge in [0.2, 0.25) is 0 Å². The fraction of sp³-hybridized carbons (Fsp3) is 0.929. The fourth-order valence-electron chi connectivity index (χ4n) is 3.06. The van der Waals surface area contributed by atoms with Gasteiger partial charge >= 0.3 is 5.97 Å². The molecule has 0 aromatic carbocycles. The molecular formula is C14H25NO3. The van der Waals surface area contributed by atoms with Crippen LogP contribution in [0, 0.1) is 11.3 Å². The molecule has 0 aliphatic carbocycles. The van der Waals surface area contributed by atoms with Crippen molar-refractivity contribution in [1.82, 2.24) is 4.90 Å². The Hall–Kier alpha value is -0.610. The number of piperidine rings is 1. The lowest BCUT2D eigenvalue weighted by Gasteiger charge is -2.39. The predicted molar refractivity (Wildman–Crippen MR) is 69.6 cm³/mol. The third-order valence-electron chi connectivity index (χ3n) is 4.56. The molecule has 2 heterocycles. The number of hydrogen-bond donors (Lipinski definition) is 1. The monoisotopic (exact) mass is 255 g/mol. The Morgan fingerprint density at radius 2 is 2.17 bits per heavy atom. The van der Waals surface area contributed by atoms with Crippen LogP contribution in [-0.4, -0.2) is 48.3 Å². The van der Waals surface area contributed by atoms with E-state index in [1.807, 2.05) is 13.8 Å². The van der Waals surface area contributed by atoms with Gasteiger partial charge in [0.15, 0.2) is 0 Å². The zero-order valence-electron chi connectivity index (χ0n) is 11.5. The van der Waals surface area contributed by atoms with E-state index in [2.05, 4.69) is 4.90 Å². The van der Waals surface area contributed by atoms with Gasteiger partial charge in [-0.1, -0.05) is 0 Å². The minimum atomic E-state index is -0.675. The Kier molecular flexibility index (Phi) is 4.28. The number of hydrogen-bond acceptors (Lipinski definition) is 3. The van der Waals surface area contributed by atoms with Gasteiger partial charge in [0.1, 0.15) is 0 Å². The van der Waals surface area contributed by atoms with Gasteiger partial charge in [0.05, 0.1) is 11.5 Å². The van der Waals surface area contributed by atoms with Crippen molar-refractivity contribution in [2.75, 3.05) is 26.2 Å². The lowest BCUT2D eigenvalue weighted by atomic mass is 9.74. The molecule has 0 aromatic heterocycles. The highest BCUT2D eigenvalue weighted by molar-refractivity contribution is 5.74. The zero-order chi connectivity index (χ0) is 13.2. The van der Waals surface area contributed by atoms with Crippen LogP contribution in [0.5, 0.6) is 0 Å². The number of carboxylic acid groups (broad SMARTS) is 1. The molecule has 2 rings (SSSR count). The van der Waals surface area contributed by atoms with Crippen LogP contribution >= 0.6 is 0 Å². The number of nitrogens with zero attached hydrogens (tertiary/aromatic N) is 1. The molecule has 0 spiro atoms. The SMILES string of the molecule is CC(C)(C(=O)O)C1CCCN(CC2CCCO2)C1. The second kappa shape index (κ2) is 5.57. The maximum Gasteiger partial charge on any atom is 0.309 e. The van der Waals surface area contributed by atoms with Crippen LogP contribution in [0.1, 0.15) is 39.5 Å². The molecule has 4 nitrogen and oxygen atoms in total. The number of likely N-dealkylation sites (tertiary alicyclic amines) is 1. The first-order valence-corrected chi connectivity index (χ1v) is 7.07. The van der Waals surface area contributed by atoms with E-state index in [4.69, 9.17) is 4.74 Å². The Bertz CT molecular complexity index is 297. The minimum Gasteiger partial charge on any atom is -0.481 e. The summed E-state index contributed by atoms with van der Waals surface area (Å²) in [5.74, 6) is -0.420. The molecule has 4 heteroatoms. The minimum absolute atomic E-state index is 0.255. The van der Waals surface area contributed by atoms with Crippen molar-refractivity contribution in [2.24, 2.45) is 11.3 Å². The largest absolute Gasteiger partial charge is 0.481 e. The van der Waals surface area contributed by atoms with Gasteiger partial charge in [-0.05, 0) is 52.0 Å². The summed E-state index contributed by atoms with van der Waals surface area (Å²) in [5, 5.41) is 9.32. The highest BCUT2D eigenvalue weighted by atomic mass is 16.5. The number of ether oxygens (including phenoxy) is 1. The molecule has 2 atom stereocenters. The first-order valence-electron chi connectivity index (χ1n) is 7.07. The van der Waals surface area contributed by atoms with Gasteiger partial charge in [-0.2, -0.15) is 0 Å². The van der Waals surface area contributed by atoms with Gasteiger partial charge in [-0.15, -0.1) is 0 Å². The molecule has 0 aromatic rings. The molecule has 2 unspecified atom stereocenters. The molecule has 2 aliphatic rings. The molecular weight excluding hydrogens is 230 g/mol. The van der Waals surface area contributed by atoms with Crippen molar-refractivity contribution < 1.29 is 14.6 Å². The second-order valence-electron chi connectivity index (χ2n) is 6.26. The van der Waals surface area contributed by atoms with E-state index >= 15 is 0 Å². The van der Waals surface area contributed by atoms with E-state index in [0.717, 1.165) is 45.5 Å². The summed E-state index contributed by atoms with van der Waals surface area (Å²) in [6.07, 6.45) is 4.83. The summed E-state index contributed by atoms with van der Waals surface area (Å²) in [6.45, 7) is 7.57. The Balaban J connectivity index is 1.89.